The summed E-state index contributed by atoms with van der Waals surface area (Å²) in [5.74, 6) is 3.35. The van der Waals surface area contributed by atoms with Crippen LogP contribution in [0.5, 0.6) is 0 Å². The third-order valence-corrected chi connectivity index (χ3v) is 5.30. The molecule has 2 rings (SSSR count). The molecule has 0 radical (unpaired) electrons. The predicted octanol–water partition coefficient (Wildman–Crippen LogP) is 4.19. The van der Waals surface area contributed by atoms with E-state index in [1.165, 1.54) is 12.1 Å². The molecule has 1 aromatic carbocycles. The number of aliphatic hydroxyl groups excluding tert-OH is 1. The van der Waals surface area contributed by atoms with Crippen LogP contribution in [0.3, 0.4) is 0 Å². The highest BCUT2D eigenvalue weighted by atomic mass is 19.1. The highest BCUT2D eigenvalue weighted by Crippen LogP contribution is 2.33. The normalized spacial score (nSPS) is 12.3. The predicted molar refractivity (Wildman–Crippen MR) is 126 cm³/mol. The fourth-order valence-electron chi connectivity index (χ4n) is 3.54. The number of nitrogens with zero attached hydrogens (tertiary/aromatic N) is 3. The number of rotatable bonds is 14. The van der Waals surface area contributed by atoms with Crippen LogP contribution in [0.1, 0.15) is 39.7 Å². The zero-order valence-electron chi connectivity index (χ0n) is 19.7. The number of aliphatic hydroxyl groups is 1. The van der Waals surface area contributed by atoms with Gasteiger partial charge in [0.2, 0.25) is 5.88 Å². The van der Waals surface area contributed by atoms with Gasteiger partial charge in [0.05, 0.1) is 18.3 Å². The van der Waals surface area contributed by atoms with E-state index < -0.39 is 6.10 Å². The van der Waals surface area contributed by atoms with Crippen molar-refractivity contribution in [2.45, 2.75) is 46.8 Å². The molecule has 1 atom stereocenters. The number of ether oxygens (including phenoxy) is 1. The maximum absolute atomic E-state index is 13.5. The van der Waals surface area contributed by atoms with Crippen LogP contribution in [0.25, 0.3) is 11.3 Å². The van der Waals surface area contributed by atoms with Gasteiger partial charge in [-0.25, -0.2) is 4.39 Å². The molecule has 1 N–H and O–H groups in total. The fraction of sp³-hybridized carbons (Fsp3) is 0.560. The summed E-state index contributed by atoms with van der Waals surface area (Å²) < 4.78 is 24.6. The van der Waals surface area contributed by atoms with E-state index in [0.29, 0.717) is 30.6 Å². The van der Waals surface area contributed by atoms with Crippen LogP contribution in [0.15, 0.2) is 28.8 Å². The number of hydrogen-bond donors (Lipinski definition) is 1. The average molecular weight is 446 g/mol. The van der Waals surface area contributed by atoms with Crippen LogP contribution in [-0.2, 0) is 11.3 Å². The molecule has 1 heterocycles. The third-order valence-electron chi connectivity index (χ3n) is 5.30. The van der Waals surface area contributed by atoms with Crippen molar-refractivity contribution in [3.05, 3.63) is 35.6 Å². The summed E-state index contributed by atoms with van der Waals surface area (Å²) in [7, 11) is 0. The Hall–Kier alpha value is -2.40. The lowest BCUT2D eigenvalue weighted by Crippen LogP contribution is -2.36. The molecule has 6 nitrogen and oxygen atoms in total. The Labute approximate surface area is 191 Å². The maximum Gasteiger partial charge on any atom is 0.232 e. The van der Waals surface area contributed by atoms with Crippen LogP contribution in [0, 0.1) is 24.1 Å². The average Bonchev–Trinajstić information content (AvgIpc) is 3.17. The van der Waals surface area contributed by atoms with Crippen LogP contribution in [0.2, 0.25) is 0 Å². The van der Waals surface area contributed by atoms with Gasteiger partial charge >= 0.3 is 0 Å². The minimum absolute atomic E-state index is 0.176. The van der Waals surface area contributed by atoms with Crippen molar-refractivity contribution >= 4 is 5.88 Å². The fourth-order valence-corrected chi connectivity index (χ4v) is 3.54. The van der Waals surface area contributed by atoms with Gasteiger partial charge in [-0.1, -0.05) is 24.9 Å². The van der Waals surface area contributed by atoms with Gasteiger partial charge in [-0.3, -0.25) is 4.90 Å². The molecule has 176 valence electrons. The summed E-state index contributed by atoms with van der Waals surface area (Å²) in [5, 5.41) is 14.8. The molecule has 0 aliphatic rings. The molecule has 0 amide bonds. The number of hydrogen-bond acceptors (Lipinski definition) is 6. The molecule has 0 bridgehead atoms. The molecule has 0 fully saturated rings. The zero-order chi connectivity index (χ0) is 23.5. The molecule has 0 saturated carbocycles. The number of benzene rings is 1. The van der Waals surface area contributed by atoms with Gasteiger partial charge in [-0.05, 0) is 57.0 Å². The van der Waals surface area contributed by atoms with Gasteiger partial charge in [0, 0.05) is 31.7 Å². The first kappa shape index (κ1) is 25.9. The van der Waals surface area contributed by atoms with E-state index in [1.807, 2.05) is 0 Å². The summed E-state index contributed by atoms with van der Waals surface area (Å²) in [6.45, 7) is 12.2. The van der Waals surface area contributed by atoms with E-state index in [1.54, 1.807) is 12.1 Å². The molecule has 0 spiro atoms. The first-order chi connectivity index (χ1) is 15.4. The van der Waals surface area contributed by atoms with Crippen LogP contribution >= 0.6 is 0 Å². The maximum atomic E-state index is 13.5. The molecule has 1 aromatic heterocycles. The van der Waals surface area contributed by atoms with E-state index >= 15 is 0 Å². The summed E-state index contributed by atoms with van der Waals surface area (Å²) >= 11 is 0. The minimum Gasteiger partial charge on any atom is -0.389 e. The lowest BCUT2D eigenvalue weighted by atomic mass is 10.1. The molecule has 7 heteroatoms. The molecule has 0 aliphatic carbocycles. The largest absolute Gasteiger partial charge is 0.389 e. The lowest BCUT2D eigenvalue weighted by molar-refractivity contribution is 0.0252. The number of terminal acetylenes is 1. The van der Waals surface area contributed by atoms with Crippen LogP contribution in [-0.4, -0.2) is 60.7 Å². The highest BCUT2D eigenvalue weighted by Gasteiger charge is 2.24. The summed E-state index contributed by atoms with van der Waals surface area (Å²) in [5.41, 5.74) is 2.42. The number of anilines is 1. The number of aromatic nitrogens is 1. The SMILES string of the molecule is C#CCOC[C@@H](O)CN(CCC(C)C)Cc1c(-c2ccc(F)cc2)noc1N(CC)CC. The second-order valence-corrected chi connectivity index (χ2v) is 8.28. The number of halogens is 1. The zero-order valence-corrected chi connectivity index (χ0v) is 19.7. The van der Waals surface area contributed by atoms with Crippen molar-refractivity contribution in [2.24, 2.45) is 5.92 Å². The Morgan fingerprint density at radius 2 is 1.91 bits per heavy atom. The van der Waals surface area contributed by atoms with Crippen molar-refractivity contribution in [3.63, 3.8) is 0 Å². The van der Waals surface area contributed by atoms with Crippen molar-refractivity contribution in [2.75, 3.05) is 44.3 Å². The van der Waals surface area contributed by atoms with Gasteiger partial charge in [-0.15, -0.1) is 6.42 Å². The molecule has 0 aliphatic heterocycles. The molecule has 0 saturated heterocycles. The molecule has 0 unspecified atom stereocenters. The molecule has 2 aromatic rings. The van der Waals surface area contributed by atoms with Crippen molar-refractivity contribution in [1.82, 2.24) is 10.1 Å². The first-order valence-corrected chi connectivity index (χ1v) is 11.3. The topological polar surface area (TPSA) is 62.0 Å². The quantitative estimate of drug-likeness (QED) is 0.348. The van der Waals surface area contributed by atoms with Gasteiger partial charge in [0.15, 0.2) is 0 Å². The lowest BCUT2D eigenvalue weighted by Gasteiger charge is -2.27. The van der Waals surface area contributed by atoms with Crippen LogP contribution < -0.4 is 4.90 Å². The second kappa shape index (κ2) is 13.2. The molecule has 32 heavy (non-hydrogen) atoms. The summed E-state index contributed by atoms with van der Waals surface area (Å²) in [6, 6.07) is 6.27. The molecular formula is C25H36FN3O3. The standard InChI is InChI=1S/C25H36FN3O3/c1-6-15-31-18-22(30)16-28(14-13-19(4)5)17-23-24(20-9-11-21(26)12-10-20)27-32-25(23)29(7-2)8-3/h1,9-12,19,22,30H,7-8,13-18H2,2-5H3/t22-/m0/s1. The van der Waals surface area contributed by atoms with Gasteiger partial charge in [-0.2, -0.15) is 0 Å². The van der Waals surface area contributed by atoms with Gasteiger partial charge < -0.3 is 19.3 Å². The van der Waals surface area contributed by atoms with E-state index in [0.717, 1.165) is 37.2 Å². The Balaban J connectivity index is 2.34. The molecular weight excluding hydrogens is 409 g/mol. The van der Waals surface area contributed by atoms with Crippen molar-refractivity contribution in [3.8, 4) is 23.6 Å². The Kier molecular flexibility index (Phi) is 10.7. The third kappa shape index (κ3) is 7.63. The van der Waals surface area contributed by atoms with E-state index in [4.69, 9.17) is 15.7 Å². The van der Waals surface area contributed by atoms with E-state index in [2.05, 4.69) is 48.6 Å². The second-order valence-electron chi connectivity index (χ2n) is 8.28. The van der Waals surface area contributed by atoms with Crippen LogP contribution in [0.4, 0.5) is 10.3 Å². The highest BCUT2D eigenvalue weighted by molar-refractivity contribution is 5.68. The Bertz CT molecular complexity index is 841. The Morgan fingerprint density at radius 3 is 2.50 bits per heavy atom. The van der Waals surface area contributed by atoms with Gasteiger partial charge in [0.25, 0.3) is 0 Å². The van der Waals surface area contributed by atoms with E-state index in [-0.39, 0.29) is 19.0 Å². The van der Waals surface area contributed by atoms with Gasteiger partial charge in [0.1, 0.15) is 18.1 Å². The first-order valence-electron chi connectivity index (χ1n) is 11.3. The summed E-state index contributed by atoms with van der Waals surface area (Å²) in [4.78, 5) is 4.30. The van der Waals surface area contributed by atoms with Crippen molar-refractivity contribution in [1.29, 1.82) is 0 Å². The minimum atomic E-state index is -0.665. The smallest absolute Gasteiger partial charge is 0.232 e. The monoisotopic (exact) mass is 445 g/mol. The Morgan fingerprint density at radius 1 is 1.22 bits per heavy atom. The van der Waals surface area contributed by atoms with Crippen molar-refractivity contribution < 1.29 is 18.8 Å². The summed E-state index contributed by atoms with van der Waals surface area (Å²) in [6.07, 6.45) is 5.54. The van der Waals surface area contributed by atoms with E-state index in [9.17, 15) is 9.50 Å².